The first-order valence-corrected chi connectivity index (χ1v) is 8.21. The van der Waals surface area contributed by atoms with Crippen LogP contribution in [0.5, 0.6) is 0 Å². The average molecular weight is 330 g/mol. The fraction of sp³-hybridized carbons (Fsp3) is 0.143. The largest absolute Gasteiger partial charge is 0.438 e. The van der Waals surface area contributed by atoms with Crippen molar-refractivity contribution >= 4 is 6.09 Å². The van der Waals surface area contributed by atoms with E-state index in [1.807, 2.05) is 73.8 Å². The number of hydrogen-bond acceptors (Lipinski definition) is 3. The number of rotatable bonds is 3. The molecule has 0 radical (unpaired) electrons. The highest BCUT2D eigenvalue weighted by molar-refractivity contribution is 5.73. The van der Waals surface area contributed by atoms with E-state index in [1.165, 1.54) is 0 Å². The molecule has 1 aliphatic heterocycles. The van der Waals surface area contributed by atoms with E-state index in [0.29, 0.717) is 0 Å². The molecule has 1 aliphatic rings. The molecule has 0 unspecified atom stereocenters. The fourth-order valence-electron chi connectivity index (χ4n) is 3.30. The van der Waals surface area contributed by atoms with Crippen LogP contribution in [-0.4, -0.2) is 11.1 Å². The second kappa shape index (κ2) is 6.06. The Morgan fingerprint density at radius 3 is 2.36 bits per heavy atom. The van der Waals surface area contributed by atoms with Gasteiger partial charge in [-0.05, 0) is 24.1 Å². The van der Waals surface area contributed by atoms with Crippen LogP contribution in [0, 0.1) is 0 Å². The standard InChI is InChI=1S/C21H18N2O2/c1-21(19(25-20(24)23-21)16-10-6-3-7-11-16)18-12-17(13-22-14-18)15-8-4-2-5-9-15/h2-14,19H,1H3,(H,23,24)/t19-,21-/m1/s1. The van der Waals surface area contributed by atoms with E-state index in [9.17, 15) is 4.79 Å². The SMILES string of the molecule is C[C@]1(c2cncc(-c3ccccc3)c2)NC(=O)O[C@@H]1c1ccccc1. The zero-order chi connectivity index (χ0) is 17.3. The Balaban J connectivity index is 1.78. The van der Waals surface area contributed by atoms with Crippen LogP contribution in [-0.2, 0) is 10.3 Å². The van der Waals surface area contributed by atoms with E-state index in [4.69, 9.17) is 4.74 Å². The molecule has 25 heavy (non-hydrogen) atoms. The number of aromatic nitrogens is 1. The monoisotopic (exact) mass is 330 g/mol. The number of amides is 1. The van der Waals surface area contributed by atoms with E-state index in [-0.39, 0.29) is 0 Å². The van der Waals surface area contributed by atoms with Gasteiger partial charge in [-0.3, -0.25) is 4.98 Å². The Morgan fingerprint density at radius 1 is 0.960 bits per heavy atom. The first-order valence-electron chi connectivity index (χ1n) is 8.21. The molecule has 4 rings (SSSR count). The summed E-state index contributed by atoms with van der Waals surface area (Å²) in [5, 5.41) is 2.97. The van der Waals surface area contributed by atoms with Crippen molar-refractivity contribution in [1.82, 2.24) is 10.3 Å². The lowest BCUT2D eigenvalue weighted by atomic mass is 9.83. The van der Waals surface area contributed by atoms with Gasteiger partial charge in [0.05, 0.1) is 0 Å². The summed E-state index contributed by atoms with van der Waals surface area (Å²) in [5.41, 5.74) is 3.27. The Bertz CT molecular complexity index is 896. The third-order valence-electron chi connectivity index (χ3n) is 4.66. The number of carbonyl (C=O) groups is 1. The van der Waals surface area contributed by atoms with Gasteiger partial charge in [0.1, 0.15) is 5.54 Å². The van der Waals surface area contributed by atoms with Gasteiger partial charge in [-0.25, -0.2) is 4.79 Å². The van der Waals surface area contributed by atoms with Gasteiger partial charge in [-0.1, -0.05) is 60.7 Å². The number of cyclic esters (lactones) is 1. The molecule has 1 aromatic heterocycles. The van der Waals surface area contributed by atoms with Gasteiger partial charge in [0.2, 0.25) is 0 Å². The van der Waals surface area contributed by atoms with Gasteiger partial charge >= 0.3 is 6.09 Å². The summed E-state index contributed by atoms with van der Waals surface area (Å²) >= 11 is 0. The molecule has 4 heteroatoms. The molecule has 3 aromatic rings. The number of ether oxygens (including phenoxy) is 1. The molecule has 1 N–H and O–H groups in total. The lowest BCUT2D eigenvalue weighted by molar-refractivity contribution is 0.112. The van der Waals surface area contributed by atoms with E-state index >= 15 is 0 Å². The van der Waals surface area contributed by atoms with Crippen LogP contribution < -0.4 is 5.32 Å². The molecule has 2 atom stereocenters. The van der Waals surface area contributed by atoms with Crippen LogP contribution in [0.2, 0.25) is 0 Å². The number of nitrogens with one attached hydrogen (secondary N) is 1. The summed E-state index contributed by atoms with van der Waals surface area (Å²) < 4.78 is 5.59. The number of hydrogen-bond donors (Lipinski definition) is 1. The number of alkyl carbamates (subject to hydrolysis) is 1. The normalized spacial score (nSPS) is 22.3. The second-order valence-corrected chi connectivity index (χ2v) is 6.35. The van der Waals surface area contributed by atoms with Crippen LogP contribution >= 0.6 is 0 Å². The van der Waals surface area contributed by atoms with E-state index in [1.54, 1.807) is 6.20 Å². The molecule has 0 saturated carbocycles. The maximum atomic E-state index is 12.0. The van der Waals surface area contributed by atoms with Crippen LogP contribution in [0.3, 0.4) is 0 Å². The molecule has 2 aromatic carbocycles. The molecule has 2 heterocycles. The average Bonchev–Trinajstić information content (AvgIpc) is 2.99. The van der Waals surface area contributed by atoms with Crippen molar-refractivity contribution < 1.29 is 9.53 Å². The maximum Gasteiger partial charge on any atom is 0.408 e. The zero-order valence-electron chi connectivity index (χ0n) is 13.8. The molecule has 1 saturated heterocycles. The number of pyridine rings is 1. The predicted octanol–water partition coefficient (Wildman–Crippen LogP) is 4.44. The van der Waals surface area contributed by atoms with Gasteiger partial charge in [-0.2, -0.15) is 0 Å². The summed E-state index contributed by atoms with van der Waals surface area (Å²) in [5.74, 6) is 0. The van der Waals surface area contributed by atoms with Crippen molar-refractivity contribution in [2.45, 2.75) is 18.6 Å². The number of nitrogens with zero attached hydrogens (tertiary/aromatic N) is 1. The number of carbonyl (C=O) groups excluding carboxylic acids is 1. The van der Waals surface area contributed by atoms with Crippen LogP contribution in [0.4, 0.5) is 4.79 Å². The van der Waals surface area contributed by atoms with Gasteiger partial charge in [-0.15, -0.1) is 0 Å². The highest BCUT2D eigenvalue weighted by Crippen LogP contribution is 2.42. The summed E-state index contributed by atoms with van der Waals surface area (Å²) in [6.45, 7) is 1.97. The minimum atomic E-state index is -0.684. The van der Waals surface area contributed by atoms with Crippen molar-refractivity contribution in [2.24, 2.45) is 0 Å². The van der Waals surface area contributed by atoms with Crippen LogP contribution in [0.25, 0.3) is 11.1 Å². The second-order valence-electron chi connectivity index (χ2n) is 6.35. The highest BCUT2D eigenvalue weighted by atomic mass is 16.6. The van der Waals surface area contributed by atoms with Gasteiger partial charge in [0.25, 0.3) is 0 Å². The molecule has 0 aliphatic carbocycles. The van der Waals surface area contributed by atoms with E-state index in [2.05, 4.69) is 16.4 Å². The molecule has 0 bridgehead atoms. The Kier molecular flexibility index (Phi) is 3.73. The van der Waals surface area contributed by atoms with Gasteiger partial charge in [0.15, 0.2) is 6.10 Å². The minimum Gasteiger partial charge on any atom is -0.438 e. The van der Waals surface area contributed by atoms with Gasteiger partial charge < -0.3 is 10.1 Å². The van der Waals surface area contributed by atoms with Crippen molar-refractivity contribution in [2.75, 3.05) is 0 Å². The zero-order valence-corrected chi connectivity index (χ0v) is 13.8. The summed E-state index contributed by atoms with van der Waals surface area (Å²) in [6, 6.07) is 21.9. The summed E-state index contributed by atoms with van der Waals surface area (Å²) in [6.07, 6.45) is 2.80. The smallest absolute Gasteiger partial charge is 0.408 e. The first kappa shape index (κ1) is 15.4. The van der Waals surface area contributed by atoms with Crippen molar-refractivity contribution in [3.8, 4) is 11.1 Å². The summed E-state index contributed by atoms with van der Waals surface area (Å²) in [7, 11) is 0. The molecule has 1 fully saturated rings. The lowest BCUT2D eigenvalue weighted by Crippen LogP contribution is -2.39. The lowest BCUT2D eigenvalue weighted by Gasteiger charge is -2.29. The van der Waals surface area contributed by atoms with E-state index < -0.39 is 17.7 Å². The third-order valence-corrected chi connectivity index (χ3v) is 4.66. The van der Waals surface area contributed by atoms with E-state index in [0.717, 1.165) is 22.3 Å². The fourth-order valence-corrected chi connectivity index (χ4v) is 3.30. The predicted molar refractivity (Wildman–Crippen MR) is 95.8 cm³/mol. The first-order chi connectivity index (χ1) is 12.2. The van der Waals surface area contributed by atoms with Crippen molar-refractivity contribution in [3.05, 3.63) is 90.3 Å². The molecule has 124 valence electrons. The minimum absolute atomic E-state index is 0.408. The molecular weight excluding hydrogens is 312 g/mol. The van der Waals surface area contributed by atoms with Crippen molar-refractivity contribution in [3.63, 3.8) is 0 Å². The highest BCUT2D eigenvalue weighted by Gasteiger charge is 2.47. The quantitative estimate of drug-likeness (QED) is 0.772. The molecule has 4 nitrogen and oxygen atoms in total. The van der Waals surface area contributed by atoms with Crippen LogP contribution in [0.1, 0.15) is 24.2 Å². The molecular formula is C21H18N2O2. The molecule has 1 amide bonds. The third kappa shape index (κ3) is 2.76. The molecule has 0 spiro atoms. The van der Waals surface area contributed by atoms with Gasteiger partial charge in [0, 0.05) is 23.5 Å². The maximum absolute atomic E-state index is 12.0. The summed E-state index contributed by atoms with van der Waals surface area (Å²) in [4.78, 5) is 16.4. The topological polar surface area (TPSA) is 51.2 Å². The Morgan fingerprint density at radius 2 is 1.64 bits per heavy atom. The number of benzene rings is 2. The van der Waals surface area contributed by atoms with Crippen LogP contribution in [0.15, 0.2) is 79.1 Å². The Labute approximate surface area is 146 Å². The van der Waals surface area contributed by atoms with Crippen molar-refractivity contribution in [1.29, 1.82) is 0 Å². The Hall–Kier alpha value is -3.14.